The van der Waals surface area contributed by atoms with E-state index in [9.17, 15) is 4.79 Å². The predicted octanol–water partition coefficient (Wildman–Crippen LogP) is 4.81. The van der Waals surface area contributed by atoms with Crippen LogP contribution in [-0.4, -0.2) is 29.7 Å². The summed E-state index contributed by atoms with van der Waals surface area (Å²) < 4.78 is 5.84. The van der Waals surface area contributed by atoms with Gasteiger partial charge in [0.15, 0.2) is 0 Å². The minimum absolute atomic E-state index is 0.0189. The summed E-state index contributed by atoms with van der Waals surface area (Å²) in [4.78, 5) is 14.8. The standard InChI is InChI=1S/C24H23NO2/c1-2-8-17-15-25(24(17)13-7-14-24)23(26)27-16-22-20-11-5-3-9-18(20)19-10-4-6-12-21(19)22/h1,3-6,9-12,17,22H,7-8,13-16H2. The van der Waals surface area contributed by atoms with E-state index in [1.807, 2.05) is 4.90 Å². The van der Waals surface area contributed by atoms with Crippen LogP contribution in [0.1, 0.15) is 42.7 Å². The van der Waals surface area contributed by atoms with Crippen LogP contribution in [0.15, 0.2) is 48.5 Å². The molecule has 1 unspecified atom stereocenters. The first-order valence-corrected chi connectivity index (χ1v) is 9.81. The lowest BCUT2D eigenvalue weighted by molar-refractivity contribution is -0.114. The van der Waals surface area contributed by atoms with Gasteiger partial charge in [-0.25, -0.2) is 4.79 Å². The number of carbonyl (C=O) groups is 1. The van der Waals surface area contributed by atoms with E-state index < -0.39 is 0 Å². The van der Waals surface area contributed by atoms with E-state index in [1.54, 1.807) is 0 Å². The minimum Gasteiger partial charge on any atom is -0.448 e. The summed E-state index contributed by atoms with van der Waals surface area (Å²) in [7, 11) is 0. The van der Waals surface area contributed by atoms with Gasteiger partial charge in [0.25, 0.3) is 0 Å². The fourth-order valence-electron chi connectivity index (χ4n) is 5.22. The number of ether oxygens (including phenoxy) is 1. The van der Waals surface area contributed by atoms with E-state index in [4.69, 9.17) is 11.2 Å². The van der Waals surface area contributed by atoms with Crippen molar-refractivity contribution < 1.29 is 9.53 Å². The number of rotatable bonds is 3. The molecule has 3 heteroatoms. The summed E-state index contributed by atoms with van der Waals surface area (Å²) in [5.74, 6) is 3.33. The molecule has 1 heterocycles. The van der Waals surface area contributed by atoms with Crippen molar-refractivity contribution in [3.63, 3.8) is 0 Å². The van der Waals surface area contributed by atoms with E-state index in [0.717, 1.165) is 25.8 Å². The highest BCUT2D eigenvalue weighted by molar-refractivity contribution is 5.79. The van der Waals surface area contributed by atoms with Crippen molar-refractivity contribution in [2.45, 2.75) is 37.1 Å². The third-order valence-electron chi connectivity index (χ3n) is 6.84. The van der Waals surface area contributed by atoms with Gasteiger partial charge in [0, 0.05) is 24.8 Å². The van der Waals surface area contributed by atoms with Gasteiger partial charge in [-0.3, -0.25) is 0 Å². The molecule has 2 aromatic carbocycles. The molecule has 5 rings (SSSR count). The summed E-state index contributed by atoms with van der Waals surface area (Å²) in [6.45, 7) is 1.13. The van der Waals surface area contributed by atoms with Crippen molar-refractivity contribution in [2.24, 2.45) is 5.92 Å². The Labute approximate surface area is 160 Å². The molecule has 1 saturated carbocycles. The Morgan fingerprint density at radius 3 is 2.30 bits per heavy atom. The maximum absolute atomic E-state index is 12.8. The number of benzene rings is 2. The van der Waals surface area contributed by atoms with Crippen LogP contribution in [0.25, 0.3) is 11.1 Å². The second-order valence-corrected chi connectivity index (χ2v) is 7.98. The zero-order chi connectivity index (χ0) is 18.4. The maximum Gasteiger partial charge on any atom is 0.410 e. The fourth-order valence-corrected chi connectivity index (χ4v) is 5.22. The normalized spacial score (nSPS) is 21.6. The van der Waals surface area contributed by atoms with E-state index in [1.165, 1.54) is 28.7 Å². The van der Waals surface area contributed by atoms with E-state index in [0.29, 0.717) is 12.5 Å². The van der Waals surface area contributed by atoms with Gasteiger partial charge in [0.05, 0.1) is 5.54 Å². The van der Waals surface area contributed by atoms with Crippen LogP contribution in [0.3, 0.4) is 0 Å². The van der Waals surface area contributed by atoms with Gasteiger partial charge < -0.3 is 9.64 Å². The number of carbonyl (C=O) groups excluding carboxylic acids is 1. The number of amides is 1. The lowest BCUT2D eigenvalue weighted by Gasteiger charge is -2.62. The largest absolute Gasteiger partial charge is 0.448 e. The Morgan fingerprint density at radius 2 is 1.74 bits per heavy atom. The van der Waals surface area contributed by atoms with Gasteiger partial charge >= 0.3 is 6.09 Å². The Balaban J connectivity index is 1.32. The van der Waals surface area contributed by atoms with Gasteiger partial charge in [-0.1, -0.05) is 48.5 Å². The predicted molar refractivity (Wildman–Crippen MR) is 105 cm³/mol. The highest BCUT2D eigenvalue weighted by atomic mass is 16.6. The SMILES string of the molecule is C#CCC1CN(C(=O)OCC2c3ccccc3-c3ccccc32)C12CCC2. The Kier molecular flexibility index (Phi) is 3.75. The van der Waals surface area contributed by atoms with Gasteiger partial charge in [0.2, 0.25) is 0 Å². The van der Waals surface area contributed by atoms with E-state index in [2.05, 4.69) is 54.5 Å². The third-order valence-corrected chi connectivity index (χ3v) is 6.84. The van der Waals surface area contributed by atoms with E-state index >= 15 is 0 Å². The Hall–Kier alpha value is -2.73. The summed E-state index contributed by atoms with van der Waals surface area (Å²) in [5, 5.41) is 0. The number of fused-ring (bicyclic) bond motifs is 3. The second kappa shape index (κ2) is 6.16. The van der Waals surface area contributed by atoms with Crippen molar-refractivity contribution in [3.05, 3.63) is 59.7 Å². The van der Waals surface area contributed by atoms with Crippen LogP contribution < -0.4 is 0 Å². The molecule has 2 aliphatic carbocycles. The molecular formula is C24H23NO2. The molecule has 136 valence electrons. The first-order valence-electron chi connectivity index (χ1n) is 9.81. The molecule has 1 saturated heterocycles. The molecule has 27 heavy (non-hydrogen) atoms. The maximum atomic E-state index is 12.8. The van der Waals surface area contributed by atoms with Crippen LogP contribution in [0, 0.1) is 18.3 Å². The van der Waals surface area contributed by atoms with Crippen LogP contribution in [0.2, 0.25) is 0 Å². The van der Waals surface area contributed by atoms with Crippen molar-refractivity contribution in [3.8, 4) is 23.5 Å². The Morgan fingerprint density at radius 1 is 1.11 bits per heavy atom. The molecule has 2 fully saturated rings. The highest BCUT2D eigenvalue weighted by Crippen LogP contribution is 2.52. The quantitative estimate of drug-likeness (QED) is 0.738. The number of likely N-dealkylation sites (tertiary alicyclic amines) is 1. The number of terminal acetylenes is 1. The minimum atomic E-state index is -0.176. The van der Waals surface area contributed by atoms with Crippen molar-refractivity contribution in [1.82, 2.24) is 4.90 Å². The molecule has 3 nitrogen and oxygen atoms in total. The number of hydrogen-bond acceptors (Lipinski definition) is 2. The zero-order valence-corrected chi connectivity index (χ0v) is 15.4. The molecule has 1 aliphatic heterocycles. The van der Waals surface area contributed by atoms with Crippen LogP contribution in [0.5, 0.6) is 0 Å². The number of nitrogens with zero attached hydrogens (tertiary/aromatic N) is 1. The van der Waals surface area contributed by atoms with Crippen molar-refractivity contribution in [1.29, 1.82) is 0 Å². The average Bonchev–Trinajstić information content (AvgIpc) is 2.96. The topological polar surface area (TPSA) is 29.5 Å². The summed E-state index contributed by atoms with van der Waals surface area (Å²) in [6.07, 6.45) is 9.38. The smallest absolute Gasteiger partial charge is 0.410 e. The second-order valence-electron chi connectivity index (χ2n) is 7.98. The molecule has 1 spiro atoms. The zero-order valence-electron chi connectivity index (χ0n) is 15.4. The lowest BCUT2D eigenvalue weighted by atomic mass is 9.60. The lowest BCUT2D eigenvalue weighted by Crippen LogP contribution is -2.72. The molecular weight excluding hydrogens is 334 g/mol. The molecule has 0 bridgehead atoms. The Bertz CT molecular complexity index is 892. The van der Waals surface area contributed by atoms with Crippen LogP contribution in [0.4, 0.5) is 4.79 Å². The third kappa shape index (κ3) is 2.33. The number of hydrogen-bond donors (Lipinski definition) is 0. The van der Waals surface area contributed by atoms with Crippen molar-refractivity contribution >= 4 is 6.09 Å². The summed E-state index contributed by atoms with van der Waals surface area (Å²) >= 11 is 0. The first kappa shape index (κ1) is 16.4. The molecule has 0 radical (unpaired) electrons. The molecule has 2 aromatic rings. The van der Waals surface area contributed by atoms with E-state index in [-0.39, 0.29) is 17.6 Å². The molecule has 3 aliphatic rings. The van der Waals surface area contributed by atoms with Gasteiger partial charge in [-0.2, -0.15) is 0 Å². The molecule has 1 amide bonds. The van der Waals surface area contributed by atoms with Crippen LogP contribution in [-0.2, 0) is 4.74 Å². The molecule has 0 aromatic heterocycles. The summed E-state index contributed by atoms with van der Waals surface area (Å²) in [5.41, 5.74) is 4.98. The van der Waals surface area contributed by atoms with Gasteiger partial charge in [-0.05, 0) is 41.5 Å². The van der Waals surface area contributed by atoms with Crippen molar-refractivity contribution in [2.75, 3.05) is 13.2 Å². The average molecular weight is 357 g/mol. The fraction of sp³-hybridized carbons (Fsp3) is 0.375. The van der Waals surface area contributed by atoms with Gasteiger partial charge in [0.1, 0.15) is 6.61 Å². The van der Waals surface area contributed by atoms with Gasteiger partial charge in [-0.15, -0.1) is 12.3 Å². The first-order chi connectivity index (χ1) is 13.2. The molecule has 1 atom stereocenters. The monoisotopic (exact) mass is 357 g/mol. The molecule has 0 N–H and O–H groups in total. The highest BCUT2D eigenvalue weighted by Gasteiger charge is 2.58. The van der Waals surface area contributed by atoms with Crippen LogP contribution >= 0.6 is 0 Å². The summed E-state index contributed by atoms with van der Waals surface area (Å²) in [6, 6.07) is 16.8.